The van der Waals surface area contributed by atoms with E-state index < -0.39 is 0 Å². The molecule has 4 nitrogen and oxygen atoms in total. The maximum absolute atomic E-state index is 11.7. The van der Waals surface area contributed by atoms with Crippen LogP contribution in [0, 0.1) is 0 Å². The average molecular weight is 282 g/mol. The molecule has 1 rings (SSSR count). The zero-order valence-corrected chi connectivity index (χ0v) is 12.3. The Morgan fingerprint density at radius 2 is 2.21 bits per heavy atom. The standard InChI is InChI=1S/C14H22N2O2S/c1-3-19-9-8-11(2)16-14(17)10-18-13-7-5-4-6-12(13)15/h4-7,11H,3,8-10,15H2,1-2H3,(H,16,17). The summed E-state index contributed by atoms with van der Waals surface area (Å²) in [5.74, 6) is 2.60. The fraction of sp³-hybridized carbons (Fsp3) is 0.500. The number of hydrogen-bond acceptors (Lipinski definition) is 4. The topological polar surface area (TPSA) is 64.3 Å². The second-order valence-electron chi connectivity index (χ2n) is 4.28. The first-order chi connectivity index (χ1) is 9.13. The lowest BCUT2D eigenvalue weighted by Gasteiger charge is -2.14. The van der Waals surface area contributed by atoms with Crippen molar-refractivity contribution < 1.29 is 9.53 Å². The molecule has 1 aromatic rings. The quantitative estimate of drug-likeness (QED) is 0.567. The zero-order chi connectivity index (χ0) is 14.1. The zero-order valence-electron chi connectivity index (χ0n) is 11.5. The highest BCUT2D eigenvalue weighted by atomic mass is 32.2. The van der Waals surface area contributed by atoms with Crippen molar-refractivity contribution in [2.24, 2.45) is 0 Å². The van der Waals surface area contributed by atoms with E-state index >= 15 is 0 Å². The van der Waals surface area contributed by atoms with E-state index in [0.29, 0.717) is 11.4 Å². The summed E-state index contributed by atoms with van der Waals surface area (Å²) >= 11 is 1.88. The number of nitrogens with two attached hydrogens (primary N) is 1. The van der Waals surface area contributed by atoms with Crippen LogP contribution in [0.3, 0.4) is 0 Å². The molecule has 3 N–H and O–H groups in total. The highest BCUT2D eigenvalue weighted by Crippen LogP contribution is 2.19. The normalized spacial score (nSPS) is 11.9. The molecule has 0 saturated heterocycles. The molecule has 0 aliphatic heterocycles. The molecule has 0 aromatic heterocycles. The van der Waals surface area contributed by atoms with E-state index in [9.17, 15) is 4.79 Å². The molecular formula is C14H22N2O2S. The molecule has 0 bridgehead atoms. The van der Waals surface area contributed by atoms with Gasteiger partial charge in [-0.15, -0.1) is 0 Å². The van der Waals surface area contributed by atoms with Crippen LogP contribution in [-0.4, -0.2) is 30.1 Å². The van der Waals surface area contributed by atoms with Crippen LogP contribution in [0.1, 0.15) is 20.3 Å². The summed E-state index contributed by atoms with van der Waals surface area (Å²) in [6.45, 7) is 4.14. The van der Waals surface area contributed by atoms with E-state index in [1.807, 2.05) is 30.8 Å². The first kappa shape index (κ1) is 15.7. The molecule has 106 valence electrons. The molecule has 0 radical (unpaired) electrons. The lowest BCUT2D eigenvalue weighted by atomic mass is 10.2. The van der Waals surface area contributed by atoms with Crippen molar-refractivity contribution >= 4 is 23.4 Å². The van der Waals surface area contributed by atoms with Gasteiger partial charge in [0.1, 0.15) is 5.75 Å². The highest BCUT2D eigenvalue weighted by Gasteiger charge is 2.08. The first-order valence-corrected chi connectivity index (χ1v) is 7.63. The third-order valence-corrected chi connectivity index (χ3v) is 3.52. The molecule has 1 atom stereocenters. The summed E-state index contributed by atoms with van der Waals surface area (Å²) in [6, 6.07) is 7.33. The molecule has 0 heterocycles. The summed E-state index contributed by atoms with van der Waals surface area (Å²) in [5.41, 5.74) is 6.27. The highest BCUT2D eigenvalue weighted by molar-refractivity contribution is 7.99. The fourth-order valence-corrected chi connectivity index (χ4v) is 2.36. The van der Waals surface area contributed by atoms with Crippen molar-refractivity contribution in [1.29, 1.82) is 0 Å². The van der Waals surface area contributed by atoms with Crippen LogP contribution in [0.25, 0.3) is 0 Å². The van der Waals surface area contributed by atoms with Gasteiger partial charge < -0.3 is 15.8 Å². The second-order valence-corrected chi connectivity index (χ2v) is 5.67. The predicted molar refractivity (Wildman–Crippen MR) is 81.6 cm³/mol. The number of thioether (sulfide) groups is 1. The van der Waals surface area contributed by atoms with E-state index in [-0.39, 0.29) is 18.6 Å². The van der Waals surface area contributed by atoms with Crippen molar-refractivity contribution in [3.8, 4) is 5.75 Å². The number of ether oxygens (including phenoxy) is 1. The summed E-state index contributed by atoms with van der Waals surface area (Å²) in [6.07, 6.45) is 0.970. The molecule has 1 unspecified atom stereocenters. The van der Waals surface area contributed by atoms with Crippen LogP contribution in [0.2, 0.25) is 0 Å². The van der Waals surface area contributed by atoms with Gasteiger partial charge in [0.15, 0.2) is 6.61 Å². The first-order valence-electron chi connectivity index (χ1n) is 6.48. The van der Waals surface area contributed by atoms with Crippen LogP contribution in [0.4, 0.5) is 5.69 Å². The van der Waals surface area contributed by atoms with E-state index in [1.165, 1.54) is 0 Å². The van der Waals surface area contributed by atoms with E-state index in [2.05, 4.69) is 12.2 Å². The number of hydrogen-bond donors (Lipinski definition) is 2. The van der Waals surface area contributed by atoms with Gasteiger partial charge in [0.25, 0.3) is 5.91 Å². The summed E-state index contributed by atoms with van der Waals surface area (Å²) in [4.78, 5) is 11.7. The monoisotopic (exact) mass is 282 g/mol. The number of rotatable bonds is 8. The van der Waals surface area contributed by atoms with Crippen molar-refractivity contribution in [2.75, 3.05) is 23.8 Å². The van der Waals surface area contributed by atoms with Gasteiger partial charge in [0.05, 0.1) is 5.69 Å². The van der Waals surface area contributed by atoms with Gasteiger partial charge in [-0.1, -0.05) is 19.1 Å². The van der Waals surface area contributed by atoms with Crippen molar-refractivity contribution in [3.63, 3.8) is 0 Å². The smallest absolute Gasteiger partial charge is 0.258 e. The number of amides is 1. The minimum atomic E-state index is -0.114. The molecule has 0 saturated carbocycles. The molecule has 0 spiro atoms. The van der Waals surface area contributed by atoms with Crippen molar-refractivity contribution in [3.05, 3.63) is 24.3 Å². The van der Waals surface area contributed by atoms with Gasteiger partial charge in [-0.05, 0) is 37.0 Å². The SMILES string of the molecule is CCSCCC(C)NC(=O)COc1ccccc1N. The van der Waals surface area contributed by atoms with Gasteiger partial charge in [-0.25, -0.2) is 0 Å². The summed E-state index contributed by atoms with van der Waals surface area (Å²) < 4.78 is 5.38. The molecule has 0 aliphatic carbocycles. The van der Waals surface area contributed by atoms with Crippen LogP contribution < -0.4 is 15.8 Å². The van der Waals surface area contributed by atoms with Crippen LogP contribution in [0.5, 0.6) is 5.75 Å². The lowest BCUT2D eigenvalue weighted by Crippen LogP contribution is -2.36. The van der Waals surface area contributed by atoms with Crippen molar-refractivity contribution in [2.45, 2.75) is 26.3 Å². The Kier molecular flexibility index (Phi) is 7.18. The number of benzene rings is 1. The number of carbonyl (C=O) groups is 1. The minimum absolute atomic E-state index is 0.000522. The Morgan fingerprint density at radius 1 is 1.47 bits per heavy atom. The maximum atomic E-state index is 11.7. The van der Waals surface area contributed by atoms with Gasteiger partial charge >= 0.3 is 0 Å². The Balaban J connectivity index is 2.26. The Hall–Kier alpha value is -1.36. The van der Waals surface area contributed by atoms with E-state index in [0.717, 1.165) is 17.9 Å². The maximum Gasteiger partial charge on any atom is 0.258 e. The minimum Gasteiger partial charge on any atom is -0.482 e. The molecule has 1 amide bonds. The van der Waals surface area contributed by atoms with E-state index in [1.54, 1.807) is 12.1 Å². The van der Waals surface area contributed by atoms with Crippen LogP contribution in [0.15, 0.2) is 24.3 Å². The number of nitrogens with one attached hydrogen (secondary N) is 1. The molecule has 0 aliphatic rings. The number of nitrogen functional groups attached to an aromatic ring is 1. The predicted octanol–water partition coefficient (Wildman–Crippen LogP) is 2.30. The van der Waals surface area contributed by atoms with Gasteiger partial charge in [0, 0.05) is 6.04 Å². The van der Waals surface area contributed by atoms with Crippen molar-refractivity contribution in [1.82, 2.24) is 5.32 Å². The largest absolute Gasteiger partial charge is 0.482 e. The van der Waals surface area contributed by atoms with Gasteiger partial charge in [-0.2, -0.15) is 11.8 Å². The lowest BCUT2D eigenvalue weighted by molar-refractivity contribution is -0.123. The van der Waals surface area contributed by atoms with Gasteiger partial charge in [0.2, 0.25) is 0 Å². The van der Waals surface area contributed by atoms with Crippen LogP contribution in [-0.2, 0) is 4.79 Å². The molecule has 5 heteroatoms. The summed E-state index contributed by atoms with van der Waals surface area (Å²) in [7, 11) is 0. The molecule has 0 fully saturated rings. The molecular weight excluding hydrogens is 260 g/mol. The third-order valence-electron chi connectivity index (χ3n) is 2.58. The second kappa shape index (κ2) is 8.69. The number of carbonyl (C=O) groups excluding carboxylic acids is 1. The third kappa shape index (κ3) is 6.38. The Morgan fingerprint density at radius 3 is 2.89 bits per heavy atom. The Labute approximate surface area is 119 Å². The fourth-order valence-electron chi connectivity index (χ4n) is 1.55. The average Bonchev–Trinajstić information content (AvgIpc) is 2.38. The number of anilines is 1. The Bertz CT molecular complexity index is 399. The molecule has 19 heavy (non-hydrogen) atoms. The summed E-state index contributed by atoms with van der Waals surface area (Å²) in [5, 5.41) is 2.91. The molecule has 1 aromatic carbocycles. The van der Waals surface area contributed by atoms with Gasteiger partial charge in [-0.3, -0.25) is 4.79 Å². The number of para-hydroxylation sites is 2. The van der Waals surface area contributed by atoms with E-state index in [4.69, 9.17) is 10.5 Å². The van der Waals surface area contributed by atoms with Crippen LogP contribution >= 0.6 is 11.8 Å².